The van der Waals surface area contributed by atoms with Crippen molar-refractivity contribution in [3.63, 3.8) is 0 Å². The van der Waals surface area contributed by atoms with Gasteiger partial charge in [0.05, 0.1) is 12.6 Å². The van der Waals surface area contributed by atoms with E-state index in [4.69, 9.17) is 4.74 Å². The summed E-state index contributed by atoms with van der Waals surface area (Å²) in [5.41, 5.74) is 0.978. The summed E-state index contributed by atoms with van der Waals surface area (Å²) >= 11 is 0. The van der Waals surface area contributed by atoms with E-state index in [0.717, 1.165) is 18.4 Å². The van der Waals surface area contributed by atoms with Gasteiger partial charge in [-0.2, -0.15) is 0 Å². The Labute approximate surface area is 72.0 Å². The Morgan fingerprint density at radius 3 is 3.25 bits per heavy atom. The Morgan fingerprint density at radius 1 is 1.75 bits per heavy atom. The number of rotatable bonds is 1. The van der Waals surface area contributed by atoms with Crippen LogP contribution >= 0.6 is 0 Å². The van der Waals surface area contributed by atoms with Crippen LogP contribution in [0.2, 0.25) is 0 Å². The molecule has 2 fully saturated rings. The maximum atomic E-state index is 11.6. The smallest absolute Gasteiger partial charge is 0.251 e. The fraction of sp³-hybridized carbons (Fsp3) is 0.667. The van der Waals surface area contributed by atoms with E-state index in [9.17, 15) is 4.79 Å². The second kappa shape index (κ2) is 2.90. The van der Waals surface area contributed by atoms with Crippen molar-refractivity contribution in [2.45, 2.75) is 25.8 Å². The number of amides is 1. The lowest BCUT2D eigenvalue weighted by molar-refractivity contribution is -0.126. The SMILES string of the molecule is CC/C=C1\CC2COCN2C1=O. The molecule has 3 heteroatoms. The Balaban J connectivity index is 2.16. The van der Waals surface area contributed by atoms with Crippen LogP contribution < -0.4 is 0 Å². The van der Waals surface area contributed by atoms with Gasteiger partial charge < -0.3 is 9.64 Å². The van der Waals surface area contributed by atoms with Gasteiger partial charge >= 0.3 is 0 Å². The number of allylic oxidation sites excluding steroid dienone is 1. The van der Waals surface area contributed by atoms with Crippen LogP contribution in [0.15, 0.2) is 11.6 Å². The van der Waals surface area contributed by atoms with Gasteiger partial charge in [0.1, 0.15) is 6.73 Å². The predicted molar refractivity (Wildman–Crippen MR) is 44.4 cm³/mol. The third-order valence-corrected chi connectivity index (χ3v) is 2.42. The van der Waals surface area contributed by atoms with Crippen molar-refractivity contribution < 1.29 is 9.53 Å². The number of fused-ring (bicyclic) bond motifs is 1. The molecular formula is C9H13NO2. The number of hydrogen-bond acceptors (Lipinski definition) is 2. The van der Waals surface area contributed by atoms with E-state index in [1.807, 2.05) is 11.0 Å². The second-order valence-corrected chi connectivity index (χ2v) is 3.27. The average molecular weight is 167 g/mol. The van der Waals surface area contributed by atoms with Crippen molar-refractivity contribution in [2.75, 3.05) is 13.3 Å². The van der Waals surface area contributed by atoms with Gasteiger partial charge in [-0.25, -0.2) is 0 Å². The normalized spacial score (nSPS) is 31.8. The van der Waals surface area contributed by atoms with Crippen molar-refractivity contribution in [1.29, 1.82) is 0 Å². The standard InChI is InChI=1S/C9H13NO2/c1-2-3-7-4-8-5-12-6-10(8)9(7)11/h3,8H,2,4-6H2,1H3/b7-3+. The molecule has 1 unspecified atom stereocenters. The number of carbonyl (C=O) groups is 1. The van der Waals surface area contributed by atoms with E-state index in [-0.39, 0.29) is 5.91 Å². The monoisotopic (exact) mass is 167 g/mol. The molecule has 0 radical (unpaired) electrons. The van der Waals surface area contributed by atoms with E-state index < -0.39 is 0 Å². The van der Waals surface area contributed by atoms with Gasteiger partial charge in [-0.05, 0) is 6.42 Å². The summed E-state index contributed by atoms with van der Waals surface area (Å²) in [6.07, 6.45) is 3.86. The maximum Gasteiger partial charge on any atom is 0.251 e. The summed E-state index contributed by atoms with van der Waals surface area (Å²) < 4.78 is 5.19. The van der Waals surface area contributed by atoms with E-state index in [1.165, 1.54) is 0 Å². The largest absolute Gasteiger partial charge is 0.359 e. The molecule has 0 bridgehead atoms. The molecule has 12 heavy (non-hydrogen) atoms. The van der Waals surface area contributed by atoms with Crippen LogP contribution in [0.1, 0.15) is 19.8 Å². The van der Waals surface area contributed by atoms with Crippen molar-refractivity contribution >= 4 is 5.91 Å². The summed E-state index contributed by atoms with van der Waals surface area (Å²) in [5.74, 6) is 0.180. The van der Waals surface area contributed by atoms with Crippen LogP contribution in [0.5, 0.6) is 0 Å². The zero-order chi connectivity index (χ0) is 8.55. The summed E-state index contributed by atoms with van der Waals surface area (Å²) in [6, 6.07) is 0.329. The summed E-state index contributed by atoms with van der Waals surface area (Å²) in [5, 5.41) is 0. The lowest BCUT2D eigenvalue weighted by atomic mass is 10.1. The molecule has 0 aromatic heterocycles. The first-order valence-corrected chi connectivity index (χ1v) is 4.40. The number of carbonyl (C=O) groups excluding carboxylic acids is 1. The average Bonchev–Trinajstić information content (AvgIpc) is 2.58. The van der Waals surface area contributed by atoms with E-state index in [0.29, 0.717) is 19.4 Å². The molecule has 0 spiro atoms. The second-order valence-electron chi connectivity index (χ2n) is 3.27. The lowest BCUT2D eigenvalue weighted by Crippen LogP contribution is -2.27. The third kappa shape index (κ3) is 1.05. The molecule has 0 aromatic rings. The quantitative estimate of drug-likeness (QED) is 0.543. The highest BCUT2D eigenvalue weighted by Crippen LogP contribution is 2.27. The van der Waals surface area contributed by atoms with Gasteiger partial charge in [-0.1, -0.05) is 13.0 Å². The van der Waals surface area contributed by atoms with Gasteiger partial charge in [-0.3, -0.25) is 4.79 Å². The lowest BCUT2D eigenvalue weighted by Gasteiger charge is -2.09. The van der Waals surface area contributed by atoms with Crippen LogP contribution in [-0.4, -0.2) is 30.2 Å². The minimum atomic E-state index is 0.180. The molecule has 2 heterocycles. The van der Waals surface area contributed by atoms with Crippen LogP contribution in [0.25, 0.3) is 0 Å². The van der Waals surface area contributed by atoms with E-state index >= 15 is 0 Å². The molecule has 0 N–H and O–H groups in total. The number of ether oxygens (including phenoxy) is 1. The molecule has 1 atom stereocenters. The molecule has 66 valence electrons. The Morgan fingerprint density at radius 2 is 2.58 bits per heavy atom. The molecular weight excluding hydrogens is 154 g/mol. The van der Waals surface area contributed by atoms with Gasteiger partial charge in [0, 0.05) is 12.0 Å². The summed E-state index contributed by atoms with van der Waals surface area (Å²) in [6.45, 7) is 3.26. The Bertz CT molecular complexity index is 235. The van der Waals surface area contributed by atoms with E-state index in [1.54, 1.807) is 0 Å². The van der Waals surface area contributed by atoms with Crippen molar-refractivity contribution in [3.05, 3.63) is 11.6 Å². The Kier molecular flexibility index (Phi) is 1.89. The molecule has 0 aromatic carbocycles. The van der Waals surface area contributed by atoms with Crippen LogP contribution in [-0.2, 0) is 9.53 Å². The van der Waals surface area contributed by atoms with Crippen LogP contribution in [0.4, 0.5) is 0 Å². The first-order chi connectivity index (χ1) is 5.83. The fourth-order valence-electron chi connectivity index (χ4n) is 1.82. The molecule has 0 aliphatic carbocycles. The highest BCUT2D eigenvalue weighted by Gasteiger charge is 2.38. The first kappa shape index (κ1) is 7.80. The Hall–Kier alpha value is -0.830. The van der Waals surface area contributed by atoms with E-state index in [2.05, 4.69) is 6.92 Å². The fourth-order valence-corrected chi connectivity index (χ4v) is 1.82. The highest BCUT2D eigenvalue weighted by atomic mass is 16.5. The minimum absolute atomic E-state index is 0.180. The third-order valence-electron chi connectivity index (χ3n) is 2.42. The predicted octanol–water partition coefficient (Wildman–Crippen LogP) is 0.911. The van der Waals surface area contributed by atoms with Crippen molar-refractivity contribution in [1.82, 2.24) is 4.90 Å². The van der Waals surface area contributed by atoms with Gasteiger partial charge in [0.2, 0.25) is 0 Å². The van der Waals surface area contributed by atoms with Crippen molar-refractivity contribution in [3.8, 4) is 0 Å². The molecule has 2 rings (SSSR count). The van der Waals surface area contributed by atoms with Crippen molar-refractivity contribution in [2.24, 2.45) is 0 Å². The number of nitrogens with zero attached hydrogens (tertiary/aromatic N) is 1. The zero-order valence-corrected chi connectivity index (χ0v) is 7.25. The molecule has 3 nitrogen and oxygen atoms in total. The first-order valence-electron chi connectivity index (χ1n) is 4.40. The highest BCUT2D eigenvalue weighted by molar-refractivity contribution is 5.96. The van der Waals surface area contributed by atoms with Gasteiger partial charge in [0.25, 0.3) is 5.91 Å². The van der Waals surface area contributed by atoms with Gasteiger partial charge in [-0.15, -0.1) is 0 Å². The summed E-state index contributed by atoms with van der Waals surface area (Å²) in [7, 11) is 0. The molecule has 2 saturated heterocycles. The zero-order valence-electron chi connectivity index (χ0n) is 7.25. The van der Waals surface area contributed by atoms with Crippen LogP contribution in [0.3, 0.4) is 0 Å². The van der Waals surface area contributed by atoms with Gasteiger partial charge in [0.15, 0.2) is 0 Å². The maximum absolute atomic E-state index is 11.6. The molecule has 1 amide bonds. The molecule has 2 aliphatic heterocycles. The topological polar surface area (TPSA) is 29.5 Å². The summed E-state index contributed by atoms with van der Waals surface area (Å²) in [4.78, 5) is 13.4. The molecule has 0 saturated carbocycles. The van der Waals surface area contributed by atoms with Crippen LogP contribution in [0, 0.1) is 0 Å². The number of hydrogen-bond donors (Lipinski definition) is 0. The molecule has 2 aliphatic rings. The minimum Gasteiger partial charge on any atom is -0.359 e.